The number of nitrogen functional groups attached to an aromatic ring is 1. The Kier molecular flexibility index (Phi) is 2.42. The van der Waals surface area contributed by atoms with Crippen LogP contribution in [0.5, 0.6) is 0 Å². The Morgan fingerprint density at radius 1 is 1.62 bits per heavy atom. The third-order valence-electron chi connectivity index (χ3n) is 2.13. The number of aromatic nitrogens is 1. The van der Waals surface area contributed by atoms with E-state index in [0.29, 0.717) is 12.4 Å². The predicted molar refractivity (Wildman–Crippen MR) is 50.2 cm³/mol. The van der Waals surface area contributed by atoms with E-state index in [1.54, 1.807) is 6.20 Å². The Balaban J connectivity index is 2.14. The minimum absolute atomic E-state index is 0.263. The van der Waals surface area contributed by atoms with Gasteiger partial charge in [0.1, 0.15) is 5.82 Å². The second kappa shape index (κ2) is 3.72. The summed E-state index contributed by atoms with van der Waals surface area (Å²) >= 11 is 0. The molecule has 1 aliphatic heterocycles. The molecule has 2 rings (SSSR count). The smallest absolute Gasteiger partial charge is 0.123 e. The summed E-state index contributed by atoms with van der Waals surface area (Å²) in [5, 5.41) is 3.35. The van der Waals surface area contributed by atoms with Crippen molar-refractivity contribution < 1.29 is 4.74 Å². The van der Waals surface area contributed by atoms with E-state index in [0.717, 1.165) is 18.7 Å². The standard InChI is InChI=1S/C9H13N3O/c10-9-5-7(1-2-12-9)8-6-13-4-3-11-8/h1-2,5,8,11H,3-4,6H2,(H2,10,12). The highest BCUT2D eigenvalue weighted by Gasteiger charge is 2.14. The minimum Gasteiger partial charge on any atom is -0.384 e. The predicted octanol–water partition coefficient (Wildman–Crippen LogP) is 0.325. The Morgan fingerprint density at radius 2 is 2.54 bits per heavy atom. The van der Waals surface area contributed by atoms with Gasteiger partial charge in [-0.1, -0.05) is 0 Å². The Bertz CT molecular complexity index is 284. The summed E-state index contributed by atoms with van der Waals surface area (Å²) in [6, 6.07) is 4.11. The van der Waals surface area contributed by atoms with Crippen molar-refractivity contribution in [2.75, 3.05) is 25.5 Å². The quantitative estimate of drug-likeness (QED) is 0.652. The highest BCUT2D eigenvalue weighted by Crippen LogP contribution is 2.16. The fourth-order valence-electron chi connectivity index (χ4n) is 1.46. The molecule has 2 heterocycles. The first kappa shape index (κ1) is 8.47. The molecule has 0 spiro atoms. The number of nitrogens with one attached hydrogen (secondary N) is 1. The summed E-state index contributed by atoms with van der Waals surface area (Å²) in [5.41, 5.74) is 6.73. The van der Waals surface area contributed by atoms with E-state index in [1.165, 1.54) is 0 Å². The maximum Gasteiger partial charge on any atom is 0.123 e. The number of hydrogen-bond acceptors (Lipinski definition) is 4. The van der Waals surface area contributed by atoms with E-state index in [2.05, 4.69) is 10.3 Å². The highest BCUT2D eigenvalue weighted by atomic mass is 16.5. The van der Waals surface area contributed by atoms with Crippen LogP contribution in [0.2, 0.25) is 0 Å². The molecule has 1 aliphatic rings. The van der Waals surface area contributed by atoms with E-state index in [9.17, 15) is 0 Å². The van der Waals surface area contributed by atoms with Gasteiger partial charge in [0, 0.05) is 12.7 Å². The number of nitrogens with two attached hydrogens (primary N) is 1. The number of anilines is 1. The lowest BCUT2D eigenvalue weighted by Crippen LogP contribution is -2.34. The molecule has 13 heavy (non-hydrogen) atoms. The van der Waals surface area contributed by atoms with Gasteiger partial charge in [0.15, 0.2) is 0 Å². The summed E-state index contributed by atoms with van der Waals surface area (Å²) in [4.78, 5) is 3.94. The molecule has 0 radical (unpaired) electrons. The van der Waals surface area contributed by atoms with Gasteiger partial charge in [-0.15, -0.1) is 0 Å². The molecule has 1 fully saturated rings. The van der Waals surface area contributed by atoms with Crippen LogP contribution in [0.15, 0.2) is 18.3 Å². The van der Waals surface area contributed by atoms with E-state index in [-0.39, 0.29) is 6.04 Å². The van der Waals surface area contributed by atoms with Gasteiger partial charge < -0.3 is 15.8 Å². The highest BCUT2D eigenvalue weighted by molar-refractivity contribution is 5.33. The van der Waals surface area contributed by atoms with Crippen molar-refractivity contribution in [3.63, 3.8) is 0 Å². The van der Waals surface area contributed by atoms with Crippen molar-refractivity contribution in [1.29, 1.82) is 0 Å². The molecule has 1 unspecified atom stereocenters. The SMILES string of the molecule is Nc1cc(C2COCCN2)ccn1. The second-order valence-corrected chi connectivity index (χ2v) is 3.10. The molecule has 4 heteroatoms. The van der Waals surface area contributed by atoms with Gasteiger partial charge in [-0.25, -0.2) is 4.98 Å². The average Bonchev–Trinajstić information content (AvgIpc) is 2.19. The lowest BCUT2D eigenvalue weighted by atomic mass is 10.1. The van der Waals surface area contributed by atoms with Crippen molar-refractivity contribution in [3.8, 4) is 0 Å². The minimum atomic E-state index is 0.263. The van der Waals surface area contributed by atoms with E-state index < -0.39 is 0 Å². The lowest BCUT2D eigenvalue weighted by Gasteiger charge is -2.24. The summed E-state index contributed by atoms with van der Waals surface area (Å²) in [5.74, 6) is 0.560. The maximum absolute atomic E-state index is 5.59. The number of rotatable bonds is 1. The van der Waals surface area contributed by atoms with Crippen molar-refractivity contribution >= 4 is 5.82 Å². The van der Waals surface area contributed by atoms with Gasteiger partial charge in [0.05, 0.1) is 19.3 Å². The van der Waals surface area contributed by atoms with Crippen molar-refractivity contribution in [1.82, 2.24) is 10.3 Å². The molecular formula is C9H13N3O. The van der Waals surface area contributed by atoms with Crippen LogP contribution in [0.4, 0.5) is 5.82 Å². The summed E-state index contributed by atoms with van der Waals surface area (Å²) in [6.07, 6.45) is 1.72. The van der Waals surface area contributed by atoms with Gasteiger partial charge in [-0.2, -0.15) is 0 Å². The Labute approximate surface area is 77.1 Å². The zero-order valence-corrected chi connectivity index (χ0v) is 7.36. The fourth-order valence-corrected chi connectivity index (χ4v) is 1.46. The first-order valence-corrected chi connectivity index (χ1v) is 4.39. The van der Waals surface area contributed by atoms with Crippen molar-refractivity contribution in [2.24, 2.45) is 0 Å². The van der Waals surface area contributed by atoms with Crippen LogP contribution in [-0.2, 0) is 4.74 Å². The molecule has 1 aromatic heterocycles. The molecule has 1 saturated heterocycles. The topological polar surface area (TPSA) is 60.2 Å². The Morgan fingerprint density at radius 3 is 3.23 bits per heavy atom. The third-order valence-corrected chi connectivity index (χ3v) is 2.13. The molecule has 1 atom stereocenters. The van der Waals surface area contributed by atoms with Gasteiger partial charge in [0.25, 0.3) is 0 Å². The molecular weight excluding hydrogens is 166 g/mol. The van der Waals surface area contributed by atoms with Crippen LogP contribution in [0.1, 0.15) is 11.6 Å². The van der Waals surface area contributed by atoms with Gasteiger partial charge in [0.2, 0.25) is 0 Å². The normalized spacial score (nSPS) is 22.9. The molecule has 0 aromatic carbocycles. The maximum atomic E-state index is 5.59. The van der Waals surface area contributed by atoms with Crippen LogP contribution in [0.3, 0.4) is 0 Å². The molecule has 1 aromatic rings. The first-order chi connectivity index (χ1) is 6.36. The largest absolute Gasteiger partial charge is 0.384 e. The number of pyridine rings is 1. The second-order valence-electron chi connectivity index (χ2n) is 3.10. The molecule has 3 N–H and O–H groups in total. The summed E-state index contributed by atoms with van der Waals surface area (Å²) in [7, 11) is 0. The zero-order chi connectivity index (χ0) is 9.10. The zero-order valence-electron chi connectivity index (χ0n) is 7.36. The van der Waals surface area contributed by atoms with Crippen molar-refractivity contribution in [2.45, 2.75) is 6.04 Å². The van der Waals surface area contributed by atoms with Crippen molar-refractivity contribution in [3.05, 3.63) is 23.9 Å². The van der Waals surface area contributed by atoms with Gasteiger partial charge in [-0.05, 0) is 17.7 Å². The van der Waals surface area contributed by atoms with Gasteiger partial charge in [-0.3, -0.25) is 0 Å². The summed E-state index contributed by atoms with van der Waals surface area (Å²) < 4.78 is 5.35. The van der Waals surface area contributed by atoms with Crippen LogP contribution in [0, 0.1) is 0 Å². The monoisotopic (exact) mass is 179 g/mol. The van der Waals surface area contributed by atoms with E-state index in [4.69, 9.17) is 10.5 Å². The molecule has 0 aliphatic carbocycles. The van der Waals surface area contributed by atoms with Gasteiger partial charge >= 0.3 is 0 Å². The molecule has 0 amide bonds. The van der Waals surface area contributed by atoms with E-state index >= 15 is 0 Å². The van der Waals surface area contributed by atoms with E-state index in [1.807, 2.05) is 12.1 Å². The molecule has 0 bridgehead atoms. The fraction of sp³-hybridized carbons (Fsp3) is 0.444. The lowest BCUT2D eigenvalue weighted by molar-refractivity contribution is 0.0769. The van der Waals surface area contributed by atoms with Crippen LogP contribution < -0.4 is 11.1 Å². The Hall–Kier alpha value is -1.13. The molecule has 70 valence electrons. The number of hydrogen-bond donors (Lipinski definition) is 2. The number of nitrogens with zero attached hydrogens (tertiary/aromatic N) is 1. The van der Waals surface area contributed by atoms with Crippen LogP contribution in [0.25, 0.3) is 0 Å². The van der Waals surface area contributed by atoms with Crippen LogP contribution >= 0.6 is 0 Å². The molecule has 0 saturated carbocycles. The number of ether oxygens (including phenoxy) is 1. The average molecular weight is 179 g/mol. The van der Waals surface area contributed by atoms with Crippen LogP contribution in [-0.4, -0.2) is 24.7 Å². The third kappa shape index (κ3) is 1.96. The molecule has 4 nitrogen and oxygen atoms in total. The summed E-state index contributed by atoms with van der Waals surface area (Å²) in [6.45, 7) is 2.40. The first-order valence-electron chi connectivity index (χ1n) is 4.39. The number of morpholine rings is 1.